The van der Waals surface area contributed by atoms with Crippen molar-refractivity contribution in [1.82, 2.24) is 10.2 Å². The van der Waals surface area contributed by atoms with Gasteiger partial charge in [0.15, 0.2) is 0 Å². The van der Waals surface area contributed by atoms with Crippen LogP contribution in [0.15, 0.2) is 0 Å². The number of carbonyl (C=O) groups is 1. The Morgan fingerprint density at radius 3 is 2.22 bits per heavy atom. The van der Waals surface area contributed by atoms with Gasteiger partial charge in [0.1, 0.15) is 0 Å². The SMILES string of the molecule is CCCC1NC(CCC)N(CC(CC)CC)C1=O. The monoisotopic (exact) mass is 254 g/mol. The van der Waals surface area contributed by atoms with Crippen molar-refractivity contribution < 1.29 is 4.79 Å². The van der Waals surface area contributed by atoms with E-state index in [0.29, 0.717) is 11.8 Å². The predicted molar refractivity (Wildman–Crippen MR) is 76.3 cm³/mol. The number of hydrogen-bond donors (Lipinski definition) is 1. The molecule has 2 unspecified atom stereocenters. The van der Waals surface area contributed by atoms with Crippen LogP contribution in [0, 0.1) is 5.92 Å². The van der Waals surface area contributed by atoms with Crippen LogP contribution in [-0.2, 0) is 4.79 Å². The summed E-state index contributed by atoms with van der Waals surface area (Å²) >= 11 is 0. The highest BCUT2D eigenvalue weighted by atomic mass is 16.2. The Bertz CT molecular complexity index is 251. The summed E-state index contributed by atoms with van der Waals surface area (Å²) in [6.07, 6.45) is 6.85. The Morgan fingerprint density at radius 1 is 1.11 bits per heavy atom. The van der Waals surface area contributed by atoms with E-state index in [0.717, 1.165) is 45.1 Å². The van der Waals surface area contributed by atoms with Gasteiger partial charge in [-0.1, -0.05) is 53.4 Å². The second-order valence-corrected chi connectivity index (χ2v) is 5.49. The molecule has 1 heterocycles. The van der Waals surface area contributed by atoms with Gasteiger partial charge in [-0.05, 0) is 18.8 Å². The van der Waals surface area contributed by atoms with E-state index in [4.69, 9.17) is 0 Å². The van der Waals surface area contributed by atoms with Gasteiger partial charge in [0.2, 0.25) is 5.91 Å². The Hall–Kier alpha value is -0.570. The number of hydrogen-bond acceptors (Lipinski definition) is 2. The molecule has 1 amide bonds. The van der Waals surface area contributed by atoms with Crippen LogP contribution >= 0.6 is 0 Å². The van der Waals surface area contributed by atoms with Crippen molar-refractivity contribution in [2.45, 2.75) is 78.4 Å². The zero-order valence-corrected chi connectivity index (χ0v) is 12.5. The van der Waals surface area contributed by atoms with Gasteiger partial charge in [-0.15, -0.1) is 0 Å². The Labute approximate surface area is 112 Å². The van der Waals surface area contributed by atoms with E-state index in [1.165, 1.54) is 0 Å². The molecule has 0 saturated carbocycles. The summed E-state index contributed by atoms with van der Waals surface area (Å²) in [7, 11) is 0. The van der Waals surface area contributed by atoms with Crippen LogP contribution in [0.5, 0.6) is 0 Å². The molecule has 0 aromatic rings. The van der Waals surface area contributed by atoms with Crippen LogP contribution in [0.25, 0.3) is 0 Å². The molecule has 1 fully saturated rings. The fourth-order valence-corrected chi connectivity index (χ4v) is 2.80. The number of nitrogens with zero attached hydrogens (tertiary/aromatic N) is 1. The van der Waals surface area contributed by atoms with Crippen molar-refractivity contribution in [3.05, 3.63) is 0 Å². The summed E-state index contributed by atoms with van der Waals surface area (Å²) in [5, 5.41) is 3.52. The lowest BCUT2D eigenvalue weighted by molar-refractivity contribution is -0.130. The van der Waals surface area contributed by atoms with Crippen LogP contribution in [0.4, 0.5) is 0 Å². The molecule has 3 nitrogen and oxygen atoms in total. The normalized spacial score (nSPS) is 24.3. The number of nitrogens with one attached hydrogen (secondary N) is 1. The third kappa shape index (κ3) is 3.71. The van der Waals surface area contributed by atoms with Crippen LogP contribution in [0.1, 0.15) is 66.2 Å². The Balaban J connectivity index is 2.67. The van der Waals surface area contributed by atoms with Crippen LogP contribution < -0.4 is 5.32 Å². The van der Waals surface area contributed by atoms with Gasteiger partial charge in [-0.2, -0.15) is 0 Å². The standard InChI is InChI=1S/C15H30N2O/c1-5-9-13-15(18)17(11-12(7-3)8-4)14(16-13)10-6-2/h12-14,16H,5-11H2,1-4H3. The summed E-state index contributed by atoms with van der Waals surface area (Å²) in [5.41, 5.74) is 0. The molecular weight excluding hydrogens is 224 g/mol. The maximum Gasteiger partial charge on any atom is 0.241 e. The Morgan fingerprint density at radius 2 is 1.72 bits per heavy atom. The lowest BCUT2D eigenvalue weighted by atomic mass is 10.0. The average molecular weight is 254 g/mol. The van der Waals surface area contributed by atoms with E-state index in [1.54, 1.807) is 0 Å². The van der Waals surface area contributed by atoms with Gasteiger partial charge in [0.05, 0.1) is 12.2 Å². The minimum absolute atomic E-state index is 0.0703. The van der Waals surface area contributed by atoms with Crippen LogP contribution in [0.3, 0.4) is 0 Å². The molecule has 3 heteroatoms. The number of rotatable bonds is 8. The summed E-state index contributed by atoms with van der Waals surface area (Å²) < 4.78 is 0. The molecule has 0 aromatic heterocycles. The van der Waals surface area contributed by atoms with Gasteiger partial charge in [-0.25, -0.2) is 0 Å². The van der Waals surface area contributed by atoms with E-state index in [2.05, 4.69) is 37.9 Å². The lowest BCUT2D eigenvalue weighted by Gasteiger charge is -2.27. The molecule has 106 valence electrons. The second kappa shape index (κ2) is 7.78. The van der Waals surface area contributed by atoms with Crippen molar-refractivity contribution in [3.8, 4) is 0 Å². The lowest BCUT2D eigenvalue weighted by Crippen LogP contribution is -2.40. The third-order valence-corrected chi connectivity index (χ3v) is 4.10. The first-order valence-corrected chi connectivity index (χ1v) is 7.74. The smallest absolute Gasteiger partial charge is 0.241 e. The van der Waals surface area contributed by atoms with Crippen molar-refractivity contribution in [2.24, 2.45) is 5.92 Å². The topological polar surface area (TPSA) is 32.3 Å². The molecule has 1 aliphatic rings. The fraction of sp³-hybridized carbons (Fsp3) is 0.933. The molecule has 1 rings (SSSR count). The zero-order chi connectivity index (χ0) is 13.5. The molecule has 2 atom stereocenters. The second-order valence-electron chi connectivity index (χ2n) is 5.49. The summed E-state index contributed by atoms with van der Waals surface area (Å²) in [6, 6.07) is 0.0703. The summed E-state index contributed by atoms with van der Waals surface area (Å²) in [5.74, 6) is 0.984. The van der Waals surface area contributed by atoms with E-state index >= 15 is 0 Å². The minimum atomic E-state index is 0.0703. The van der Waals surface area contributed by atoms with Gasteiger partial charge < -0.3 is 4.90 Å². The summed E-state index contributed by atoms with van der Waals surface area (Å²) in [6.45, 7) is 9.71. The third-order valence-electron chi connectivity index (χ3n) is 4.10. The van der Waals surface area contributed by atoms with E-state index < -0.39 is 0 Å². The Kier molecular flexibility index (Phi) is 6.69. The quantitative estimate of drug-likeness (QED) is 0.721. The first-order chi connectivity index (χ1) is 8.67. The van der Waals surface area contributed by atoms with Crippen molar-refractivity contribution in [3.63, 3.8) is 0 Å². The molecular formula is C15H30N2O. The molecule has 18 heavy (non-hydrogen) atoms. The first-order valence-electron chi connectivity index (χ1n) is 7.74. The predicted octanol–water partition coefficient (Wildman–Crippen LogP) is 3.15. The highest BCUT2D eigenvalue weighted by molar-refractivity contribution is 5.84. The van der Waals surface area contributed by atoms with Gasteiger partial charge >= 0.3 is 0 Å². The molecule has 1 N–H and O–H groups in total. The maximum atomic E-state index is 12.4. The highest BCUT2D eigenvalue weighted by Gasteiger charge is 2.37. The minimum Gasteiger partial charge on any atom is -0.326 e. The van der Waals surface area contributed by atoms with Gasteiger partial charge in [-0.3, -0.25) is 10.1 Å². The van der Waals surface area contributed by atoms with Crippen LogP contribution in [-0.4, -0.2) is 29.6 Å². The van der Waals surface area contributed by atoms with Crippen molar-refractivity contribution >= 4 is 5.91 Å². The molecule has 0 bridgehead atoms. The van der Waals surface area contributed by atoms with Crippen molar-refractivity contribution in [2.75, 3.05) is 6.54 Å². The molecule has 0 aliphatic carbocycles. The van der Waals surface area contributed by atoms with Gasteiger partial charge in [0, 0.05) is 6.54 Å². The molecule has 1 aliphatic heterocycles. The highest BCUT2D eigenvalue weighted by Crippen LogP contribution is 2.21. The first kappa shape index (κ1) is 15.5. The summed E-state index contributed by atoms with van der Waals surface area (Å²) in [4.78, 5) is 14.5. The number of carbonyl (C=O) groups excluding carboxylic acids is 1. The van der Waals surface area contributed by atoms with E-state index in [9.17, 15) is 4.79 Å². The fourth-order valence-electron chi connectivity index (χ4n) is 2.80. The average Bonchev–Trinajstić information content (AvgIpc) is 2.65. The largest absolute Gasteiger partial charge is 0.326 e. The van der Waals surface area contributed by atoms with Crippen molar-refractivity contribution in [1.29, 1.82) is 0 Å². The van der Waals surface area contributed by atoms with Gasteiger partial charge in [0.25, 0.3) is 0 Å². The van der Waals surface area contributed by atoms with E-state index in [-0.39, 0.29) is 12.2 Å². The maximum absolute atomic E-state index is 12.4. The molecule has 0 spiro atoms. The van der Waals surface area contributed by atoms with Crippen LogP contribution in [0.2, 0.25) is 0 Å². The zero-order valence-electron chi connectivity index (χ0n) is 12.5. The molecule has 0 radical (unpaired) electrons. The number of amides is 1. The molecule has 1 saturated heterocycles. The van der Waals surface area contributed by atoms with E-state index in [1.807, 2.05) is 0 Å². The molecule has 0 aromatic carbocycles.